The molecule has 0 fully saturated rings. The van der Waals surface area contributed by atoms with E-state index in [-0.39, 0.29) is 6.79 Å². The van der Waals surface area contributed by atoms with E-state index in [1.54, 1.807) is 25.1 Å². The van der Waals surface area contributed by atoms with Crippen LogP contribution in [0.5, 0.6) is 11.5 Å². The van der Waals surface area contributed by atoms with E-state index in [1.807, 2.05) is 0 Å². The second-order valence-corrected chi connectivity index (χ2v) is 6.56. The molecule has 1 aromatic rings. The number of fused-ring (bicyclic) bond motifs is 1. The summed E-state index contributed by atoms with van der Waals surface area (Å²) in [6.07, 6.45) is 0. The molecule has 19 heavy (non-hydrogen) atoms. The highest BCUT2D eigenvalue weighted by Crippen LogP contribution is 2.55. The van der Waals surface area contributed by atoms with E-state index < -0.39 is 19.4 Å². The zero-order valence-electron chi connectivity index (χ0n) is 11.0. The van der Waals surface area contributed by atoms with Gasteiger partial charge in [-0.3, -0.25) is 4.57 Å². The minimum atomic E-state index is -3.53. The first-order valence-corrected chi connectivity index (χ1v) is 7.42. The molecule has 0 saturated carbocycles. The molecule has 1 N–H and O–H groups in total. The third-order valence-electron chi connectivity index (χ3n) is 3.20. The van der Waals surface area contributed by atoms with Crippen LogP contribution in [0, 0.1) is 0 Å². The van der Waals surface area contributed by atoms with Crippen LogP contribution in [-0.2, 0) is 13.6 Å². The Kier molecular flexibility index (Phi) is 4.16. The number of benzene rings is 1. The zero-order valence-corrected chi connectivity index (χ0v) is 11.9. The van der Waals surface area contributed by atoms with Gasteiger partial charge in [-0.1, -0.05) is 13.0 Å². The van der Waals surface area contributed by atoms with Crippen molar-refractivity contribution < 1.29 is 28.2 Å². The minimum absolute atomic E-state index is 0.185. The Bertz CT molecular complexity index is 495. The molecule has 7 heteroatoms. The number of hydrogen-bond acceptors (Lipinski definition) is 6. The van der Waals surface area contributed by atoms with Crippen molar-refractivity contribution in [2.75, 3.05) is 21.0 Å². The van der Waals surface area contributed by atoms with Crippen molar-refractivity contribution in [2.24, 2.45) is 0 Å². The lowest BCUT2D eigenvalue weighted by Gasteiger charge is -2.25. The fraction of sp³-hybridized carbons (Fsp3) is 0.500. The predicted octanol–water partition coefficient (Wildman–Crippen LogP) is 2.32. The van der Waals surface area contributed by atoms with E-state index in [2.05, 4.69) is 0 Å². The Balaban J connectivity index is 2.24. The van der Waals surface area contributed by atoms with Crippen LogP contribution in [-0.4, -0.2) is 32.0 Å². The summed E-state index contributed by atoms with van der Waals surface area (Å²) in [7, 11) is -1.03. The highest BCUT2D eigenvalue weighted by molar-refractivity contribution is 7.54. The molecule has 2 atom stereocenters. The first-order chi connectivity index (χ1) is 9.01. The summed E-state index contributed by atoms with van der Waals surface area (Å²) in [5.41, 5.74) is 0.770. The Labute approximate surface area is 111 Å². The molecule has 6 nitrogen and oxygen atoms in total. The van der Waals surface area contributed by atoms with E-state index in [0.717, 1.165) is 5.56 Å². The topological polar surface area (TPSA) is 74.2 Å². The molecule has 2 rings (SSSR count). The quantitative estimate of drug-likeness (QED) is 0.838. The fourth-order valence-corrected chi connectivity index (χ4v) is 3.23. The van der Waals surface area contributed by atoms with Gasteiger partial charge in [0.25, 0.3) is 0 Å². The first kappa shape index (κ1) is 14.3. The van der Waals surface area contributed by atoms with Gasteiger partial charge in [-0.05, 0) is 17.7 Å². The summed E-state index contributed by atoms with van der Waals surface area (Å²) in [4.78, 5) is 0. The lowest BCUT2D eigenvalue weighted by molar-refractivity contribution is 0.157. The second kappa shape index (κ2) is 5.51. The lowest BCUT2D eigenvalue weighted by Crippen LogP contribution is -2.18. The highest BCUT2D eigenvalue weighted by Gasteiger charge is 2.37. The molecule has 1 heterocycles. The lowest BCUT2D eigenvalue weighted by atomic mass is 10.0. The summed E-state index contributed by atoms with van der Waals surface area (Å²) < 4.78 is 32.3. The average molecular weight is 288 g/mol. The molecule has 1 aromatic carbocycles. The van der Waals surface area contributed by atoms with Crippen molar-refractivity contribution in [1.29, 1.82) is 0 Å². The van der Waals surface area contributed by atoms with Gasteiger partial charge in [0.2, 0.25) is 6.79 Å². The van der Waals surface area contributed by atoms with E-state index in [1.165, 1.54) is 14.2 Å². The van der Waals surface area contributed by atoms with E-state index >= 15 is 0 Å². The maximum atomic E-state index is 12.1. The van der Waals surface area contributed by atoms with Gasteiger partial charge in [0.15, 0.2) is 17.3 Å². The number of hydrogen-bond donors (Lipinski definition) is 1. The van der Waals surface area contributed by atoms with Crippen LogP contribution in [0.1, 0.15) is 18.4 Å². The Morgan fingerprint density at radius 3 is 2.53 bits per heavy atom. The van der Waals surface area contributed by atoms with Gasteiger partial charge in [-0.15, -0.1) is 0 Å². The maximum absolute atomic E-state index is 12.1. The molecular formula is C12H17O6P. The van der Waals surface area contributed by atoms with Crippen LogP contribution in [0.15, 0.2) is 18.2 Å². The third kappa shape index (κ3) is 2.62. The molecule has 0 radical (unpaired) electrons. The van der Waals surface area contributed by atoms with Gasteiger partial charge in [0.1, 0.15) is 0 Å². The molecule has 1 aliphatic rings. The molecular weight excluding hydrogens is 271 g/mol. The summed E-state index contributed by atoms with van der Waals surface area (Å²) in [5.74, 6) is -0.406. The highest BCUT2D eigenvalue weighted by atomic mass is 31.2. The van der Waals surface area contributed by atoms with Gasteiger partial charge in [0.05, 0.1) is 0 Å². The van der Waals surface area contributed by atoms with E-state index in [4.69, 9.17) is 18.5 Å². The summed E-state index contributed by atoms with van der Waals surface area (Å²) in [5, 5.41) is 10.2. The van der Waals surface area contributed by atoms with Crippen molar-refractivity contribution in [2.45, 2.75) is 18.7 Å². The SMILES string of the molecule is COP(=O)(OC)C(O)C(C)c1ccc2c(c1)OCO2. The molecule has 0 aromatic heterocycles. The monoisotopic (exact) mass is 288 g/mol. The Morgan fingerprint density at radius 2 is 1.89 bits per heavy atom. The largest absolute Gasteiger partial charge is 0.454 e. The number of aliphatic hydroxyl groups excluding tert-OH is 1. The molecule has 1 aliphatic heterocycles. The fourth-order valence-electron chi connectivity index (χ4n) is 1.93. The smallest absolute Gasteiger partial charge is 0.358 e. The van der Waals surface area contributed by atoms with Crippen molar-refractivity contribution in [3.05, 3.63) is 23.8 Å². The van der Waals surface area contributed by atoms with Gasteiger partial charge in [-0.25, -0.2) is 0 Å². The summed E-state index contributed by atoms with van der Waals surface area (Å²) >= 11 is 0. The maximum Gasteiger partial charge on any atom is 0.358 e. The first-order valence-electron chi connectivity index (χ1n) is 5.80. The summed E-state index contributed by atoms with van der Waals surface area (Å²) in [6.45, 7) is 1.93. The van der Waals surface area contributed by atoms with Crippen molar-refractivity contribution in [3.63, 3.8) is 0 Å². The number of aliphatic hydroxyl groups is 1. The zero-order chi connectivity index (χ0) is 14.0. The van der Waals surface area contributed by atoms with Gasteiger partial charge in [-0.2, -0.15) is 0 Å². The standard InChI is InChI=1S/C12H17O6P/c1-8(12(13)19(14,15-2)16-3)9-4-5-10-11(6-9)18-7-17-10/h4-6,8,12-13H,7H2,1-3H3. The van der Waals surface area contributed by atoms with Gasteiger partial charge >= 0.3 is 7.60 Å². The van der Waals surface area contributed by atoms with Crippen LogP contribution < -0.4 is 9.47 Å². The normalized spacial score (nSPS) is 17.3. The van der Waals surface area contributed by atoms with Gasteiger partial charge < -0.3 is 23.6 Å². The van der Waals surface area contributed by atoms with E-state index in [0.29, 0.717) is 11.5 Å². The van der Waals surface area contributed by atoms with Crippen LogP contribution in [0.2, 0.25) is 0 Å². The minimum Gasteiger partial charge on any atom is -0.454 e. The molecule has 2 unspecified atom stereocenters. The average Bonchev–Trinajstić information content (AvgIpc) is 2.92. The Morgan fingerprint density at radius 1 is 1.26 bits per heavy atom. The predicted molar refractivity (Wildman–Crippen MR) is 68.6 cm³/mol. The molecule has 0 saturated heterocycles. The van der Waals surface area contributed by atoms with Crippen molar-refractivity contribution in [3.8, 4) is 11.5 Å². The Hall–Kier alpha value is -1.07. The molecule has 0 aliphatic carbocycles. The molecule has 106 valence electrons. The van der Waals surface area contributed by atoms with E-state index in [9.17, 15) is 9.67 Å². The third-order valence-corrected chi connectivity index (χ3v) is 5.32. The van der Waals surface area contributed by atoms with Crippen LogP contribution in [0.3, 0.4) is 0 Å². The molecule has 0 bridgehead atoms. The van der Waals surface area contributed by atoms with Crippen molar-refractivity contribution in [1.82, 2.24) is 0 Å². The second-order valence-electron chi connectivity index (χ2n) is 4.22. The number of rotatable bonds is 5. The molecule has 0 spiro atoms. The van der Waals surface area contributed by atoms with Crippen LogP contribution in [0.4, 0.5) is 0 Å². The summed E-state index contributed by atoms with van der Waals surface area (Å²) in [6, 6.07) is 5.30. The molecule has 0 amide bonds. The van der Waals surface area contributed by atoms with Crippen LogP contribution >= 0.6 is 7.60 Å². The number of ether oxygens (including phenoxy) is 2. The van der Waals surface area contributed by atoms with Gasteiger partial charge in [0, 0.05) is 20.1 Å². The van der Waals surface area contributed by atoms with Crippen LogP contribution in [0.25, 0.3) is 0 Å². The van der Waals surface area contributed by atoms with Crippen molar-refractivity contribution >= 4 is 7.60 Å².